The number of aryl methyl sites for hydroxylation is 2. The van der Waals surface area contributed by atoms with Gasteiger partial charge in [-0.05, 0) is 73.5 Å². The van der Waals surface area contributed by atoms with Gasteiger partial charge in [0.1, 0.15) is 6.54 Å². The smallest absolute Gasteiger partial charge is 0.264 e. The number of rotatable bonds is 11. The Balaban J connectivity index is 1.62. The maximum absolute atomic E-state index is 13.5. The molecule has 0 saturated carbocycles. The van der Waals surface area contributed by atoms with Gasteiger partial charge in [0.2, 0.25) is 5.91 Å². The van der Waals surface area contributed by atoms with Crippen LogP contribution < -0.4 is 9.62 Å². The second kappa shape index (κ2) is 12.7. The van der Waals surface area contributed by atoms with E-state index >= 15 is 0 Å². The van der Waals surface area contributed by atoms with E-state index in [0.717, 1.165) is 27.8 Å². The number of sulfonamides is 1. The summed E-state index contributed by atoms with van der Waals surface area (Å²) in [4.78, 5) is 12.9. The van der Waals surface area contributed by atoms with Crippen molar-refractivity contribution in [3.8, 4) is 0 Å². The van der Waals surface area contributed by atoms with E-state index in [1.54, 1.807) is 61.2 Å². The number of nitrogens with zero attached hydrogens (tertiary/aromatic N) is 1. The fourth-order valence-corrected chi connectivity index (χ4v) is 6.04. The van der Waals surface area contributed by atoms with Gasteiger partial charge >= 0.3 is 0 Å². The maximum Gasteiger partial charge on any atom is 0.264 e. The molecular formula is C26H28Cl2N2O3S2. The third-order valence-corrected chi connectivity index (χ3v) is 8.68. The molecule has 0 aromatic heterocycles. The van der Waals surface area contributed by atoms with Gasteiger partial charge in [-0.1, -0.05) is 59.1 Å². The van der Waals surface area contributed by atoms with Crippen LogP contribution in [-0.2, 0) is 20.6 Å². The van der Waals surface area contributed by atoms with E-state index in [1.807, 2.05) is 31.2 Å². The lowest BCUT2D eigenvalue weighted by molar-refractivity contribution is -0.119. The molecular weight excluding hydrogens is 523 g/mol. The van der Waals surface area contributed by atoms with E-state index in [0.29, 0.717) is 27.8 Å². The van der Waals surface area contributed by atoms with Crippen LogP contribution in [0.15, 0.2) is 71.6 Å². The first-order chi connectivity index (χ1) is 16.7. The molecule has 0 atom stereocenters. The Kier molecular flexibility index (Phi) is 9.92. The molecule has 1 amide bonds. The Bertz CT molecular complexity index is 1250. The quantitative estimate of drug-likeness (QED) is 0.287. The van der Waals surface area contributed by atoms with E-state index in [4.69, 9.17) is 23.2 Å². The second-order valence-electron chi connectivity index (χ2n) is 8.14. The SMILES string of the molecule is Cc1ccc(S(=O)(=O)N(CC(=O)NCCCSCc2ccc(Cl)cc2)c2cc(Cl)ccc2C)cc1. The molecule has 0 spiro atoms. The first-order valence-corrected chi connectivity index (χ1v) is 14.5. The molecule has 0 saturated heterocycles. The lowest BCUT2D eigenvalue weighted by Gasteiger charge is -2.26. The molecule has 0 heterocycles. The Morgan fingerprint density at radius 2 is 1.60 bits per heavy atom. The van der Waals surface area contributed by atoms with E-state index in [9.17, 15) is 13.2 Å². The predicted molar refractivity (Wildman–Crippen MR) is 147 cm³/mol. The molecule has 0 unspecified atom stereocenters. The van der Waals surface area contributed by atoms with Gasteiger partial charge in [-0.2, -0.15) is 11.8 Å². The minimum absolute atomic E-state index is 0.119. The fourth-order valence-electron chi connectivity index (χ4n) is 3.35. The molecule has 0 bridgehead atoms. The first-order valence-electron chi connectivity index (χ1n) is 11.1. The third-order valence-electron chi connectivity index (χ3n) is 5.31. The van der Waals surface area contributed by atoms with E-state index in [-0.39, 0.29) is 17.3 Å². The van der Waals surface area contributed by atoms with Crippen LogP contribution in [0.25, 0.3) is 0 Å². The number of amides is 1. The Hall–Kier alpha value is -2.19. The number of anilines is 1. The summed E-state index contributed by atoms with van der Waals surface area (Å²) in [5, 5.41) is 3.96. The van der Waals surface area contributed by atoms with Crippen molar-refractivity contribution in [1.29, 1.82) is 0 Å². The molecule has 0 radical (unpaired) electrons. The summed E-state index contributed by atoms with van der Waals surface area (Å²) in [6.45, 7) is 3.80. The number of carbonyl (C=O) groups is 1. The summed E-state index contributed by atoms with van der Waals surface area (Å²) in [5.74, 6) is 1.35. The van der Waals surface area contributed by atoms with Crippen LogP contribution in [0, 0.1) is 13.8 Å². The van der Waals surface area contributed by atoms with Crippen molar-refractivity contribution in [3.63, 3.8) is 0 Å². The van der Waals surface area contributed by atoms with Gasteiger partial charge < -0.3 is 5.32 Å². The van der Waals surface area contributed by atoms with Crippen molar-refractivity contribution in [1.82, 2.24) is 5.32 Å². The van der Waals surface area contributed by atoms with Crippen molar-refractivity contribution in [2.75, 3.05) is 23.1 Å². The summed E-state index contributed by atoms with van der Waals surface area (Å²) in [6, 6.07) is 19.3. The molecule has 0 aliphatic heterocycles. The van der Waals surface area contributed by atoms with E-state index < -0.39 is 10.0 Å². The van der Waals surface area contributed by atoms with Gasteiger partial charge in [-0.25, -0.2) is 8.42 Å². The van der Waals surface area contributed by atoms with Crippen molar-refractivity contribution < 1.29 is 13.2 Å². The summed E-state index contributed by atoms with van der Waals surface area (Å²) in [5.41, 5.74) is 3.22. The Morgan fingerprint density at radius 1 is 0.943 bits per heavy atom. The highest BCUT2D eigenvalue weighted by Crippen LogP contribution is 2.29. The lowest BCUT2D eigenvalue weighted by atomic mass is 10.2. The normalized spacial score (nSPS) is 11.3. The van der Waals surface area contributed by atoms with Crippen molar-refractivity contribution in [2.24, 2.45) is 0 Å². The summed E-state index contributed by atoms with van der Waals surface area (Å²) in [7, 11) is -3.98. The number of halogens is 2. The Morgan fingerprint density at radius 3 is 2.29 bits per heavy atom. The molecule has 186 valence electrons. The topological polar surface area (TPSA) is 66.5 Å². The average molecular weight is 552 g/mol. The summed E-state index contributed by atoms with van der Waals surface area (Å²) < 4.78 is 28.1. The monoisotopic (exact) mass is 550 g/mol. The molecule has 0 aliphatic carbocycles. The molecule has 3 aromatic carbocycles. The average Bonchev–Trinajstić information content (AvgIpc) is 2.83. The van der Waals surface area contributed by atoms with Gasteiger partial charge in [-0.15, -0.1) is 0 Å². The number of thioether (sulfide) groups is 1. The number of hydrogen-bond acceptors (Lipinski definition) is 4. The van der Waals surface area contributed by atoms with Crippen LogP contribution in [0.4, 0.5) is 5.69 Å². The van der Waals surface area contributed by atoms with Crippen LogP contribution in [0.1, 0.15) is 23.1 Å². The van der Waals surface area contributed by atoms with Gasteiger partial charge in [0.05, 0.1) is 10.6 Å². The first kappa shape index (κ1) is 27.4. The fraction of sp³-hybridized carbons (Fsp3) is 0.269. The minimum atomic E-state index is -3.98. The molecule has 5 nitrogen and oxygen atoms in total. The van der Waals surface area contributed by atoms with Crippen molar-refractivity contribution in [2.45, 2.75) is 30.9 Å². The standard InChI is InChI=1S/C26H28Cl2N2O3S2/c1-19-4-12-24(13-5-19)35(32,33)30(25-16-23(28)9-6-20(25)2)17-26(31)29-14-3-15-34-18-21-7-10-22(27)11-8-21/h4-13,16H,3,14-15,17-18H2,1-2H3,(H,29,31). The van der Waals surface area contributed by atoms with Crippen LogP contribution in [0.2, 0.25) is 10.0 Å². The Labute approximate surface area is 221 Å². The highest BCUT2D eigenvalue weighted by molar-refractivity contribution is 7.98. The highest BCUT2D eigenvalue weighted by Gasteiger charge is 2.28. The number of nitrogens with one attached hydrogen (secondary N) is 1. The number of carbonyl (C=O) groups excluding carboxylic acids is 1. The molecule has 0 aliphatic rings. The molecule has 0 fully saturated rings. The van der Waals surface area contributed by atoms with Crippen molar-refractivity contribution >= 4 is 56.6 Å². The van der Waals surface area contributed by atoms with Crippen molar-refractivity contribution in [3.05, 3.63) is 93.5 Å². The molecule has 3 aromatic rings. The van der Waals surface area contributed by atoms with Crippen LogP contribution in [0.5, 0.6) is 0 Å². The zero-order chi connectivity index (χ0) is 25.4. The van der Waals surface area contributed by atoms with Gasteiger partial charge in [0.25, 0.3) is 10.0 Å². The molecule has 3 rings (SSSR count). The molecule has 1 N–H and O–H groups in total. The number of hydrogen-bond donors (Lipinski definition) is 1. The van der Waals surface area contributed by atoms with Gasteiger partial charge in [0.15, 0.2) is 0 Å². The second-order valence-corrected chi connectivity index (χ2v) is 12.0. The van der Waals surface area contributed by atoms with Gasteiger partial charge in [0, 0.05) is 22.3 Å². The lowest BCUT2D eigenvalue weighted by Crippen LogP contribution is -2.41. The number of benzene rings is 3. The third kappa shape index (κ3) is 7.90. The van der Waals surface area contributed by atoms with Crippen LogP contribution in [0.3, 0.4) is 0 Å². The zero-order valence-electron chi connectivity index (χ0n) is 19.6. The van der Waals surface area contributed by atoms with E-state index in [1.165, 1.54) is 5.56 Å². The zero-order valence-corrected chi connectivity index (χ0v) is 22.8. The van der Waals surface area contributed by atoms with Gasteiger partial charge in [-0.3, -0.25) is 9.10 Å². The minimum Gasteiger partial charge on any atom is -0.354 e. The maximum atomic E-state index is 13.5. The molecule has 35 heavy (non-hydrogen) atoms. The van der Waals surface area contributed by atoms with Crippen LogP contribution in [-0.4, -0.2) is 33.2 Å². The summed E-state index contributed by atoms with van der Waals surface area (Å²) >= 11 is 13.8. The summed E-state index contributed by atoms with van der Waals surface area (Å²) in [6.07, 6.45) is 0.769. The predicted octanol–water partition coefficient (Wildman–Crippen LogP) is 6.25. The van der Waals surface area contributed by atoms with E-state index in [2.05, 4.69) is 5.32 Å². The highest BCUT2D eigenvalue weighted by atomic mass is 35.5. The van der Waals surface area contributed by atoms with Crippen LogP contribution >= 0.6 is 35.0 Å². The molecule has 9 heteroatoms. The largest absolute Gasteiger partial charge is 0.354 e.